The zero-order chi connectivity index (χ0) is 10.7. The molecule has 1 unspecified atom stereocenters. The Hall–Kier alpha value is -0.370. The number of nitrogens with zero attached hydrogens (tertiary/aromatic N) is 1. The van der Waals surface area contributed by atoms with Crippen LogP contribution < -0.4 is 0 Å². The summed E-state index contributed by atoms with van der Waals surface area (Å²) in [5.41, 5.74) is 0. The minimum absolute atomic E-state index is 0.368. The Balaban J connectivity index is 1.78. The van der Waals surface area contributed by atoms with E-state index in [1.165, 1.54) is 32.4 Å². The van der Waals surface area contributed by atoms with E-state index >= 15 is 0 Å². The van der Waals surface area contributed by atoms with Gasteiger partial charge in [0, 0.05) is 18.9 Å². The number of likely N-dealkylation sites (tertiary alicyclic amines) is 1. The van der Waals surface area contributed by atoms with Gasteiger partial charge in [-0.15, -0.1) is 0 Å². The molecule has 1 aliphatic heterocycles. The highest BCUT2D eigenvalue weighted by Gasteiger charge is 2.25. The number of carbonyl (C=O) groups excluding carboxylic acids is 1. The average molecular weight is 209 g/mol. The van der Waals surface area contributed by atoms with Crippen LogP contribution >= 0.6 is 0 Å². The van der Waals surface area contributed by atoms with Crippen LogP contribution in [0.2, 0.25) is 0 Å². The van der Waals surface area contributed by atoms with Crippen molar-refractivity contribution in [1.82, 2.24) is 4.90 Å². The third-order valence-electron chi connectivity index (χ3n) is 4.04. The molecule has 0 bridgehead atoms. The van der Waals surface area contributed by atoms with E-state index in [4.69, 9.17) is 0 Å². The largest absolute Gasteiger partial charge is 0.303 e. The van der Waals surface area contributed by atoms with Gasteiger partial charge in [-0.05, 0) is 44.7 Å². The van der Waals surface area contributed by atoms with Gasteiger partial charge in [0.15, 0.2) is 0 Å². The first kappa shape index (κ1) is 11.1. The summed E-state index contributed by atoms with van der Waals surface area (Å²) in [6.45, 7) is 5.81. The lowest BCUT2D eigenvalue weighted by molar-refractivity contribution is -0.125. The predicted octanol–water partition coefficient (Wildman–Crippen LogP) is 2.48. The highest BCUT2D eigenvalue weighted by molar-refractivity contribution is 5.81. The molecule has 0 N–H and O–H groups in total. The summed E-state index contributed by atoms with van der Waals surface area (Å²) < 4.78 is 0. The second kappa shape index (κ2) is 5.11. The standard InChI is InChI=1S/C13H23NO/c1-11-6-8-14(9-7-11)10-12-4-2-3-5-13(12)15/h11-12H,2-10H2,1H3. The first-order valence-electron chi connectivity index (χ1n) is 6.51. The monoisotopic (exact) mass is 209 g/mol. The van der Waals surface area contributed by atoms with Gasteiger partial charge in [0.2, 0.25) is 0 Å². The van der Waals surface area contributed by atoms with E-state index < -0.39 is 0 Å². The molecule has 2 rings (SSSR count). The molecule has 0 spiro atoms. The third kappa shape index (κ3) is 3.04. The average Bonchev–Trinajstić information content (AvgIpc) is 2.25. The Morgan fingerprint density at radius 2 is 1.93 bits per heavy atom. The number of piperidine rings is 1. The van der Waals surface area contributed by atoms with Gasteiger partial charge in [0.05, 0.1) is 0 Å². The minimum Gasteiger partial charge on any atom is -0.303 e. The number of ketones is 1. The van der Waals surface area contributed by atoms with Gasteiger partial charge in [-0.2, -0.15) is 0 Å². The molecule has 2 nitrogen and oxygen atoms in total. The Kier molecular flexibility index (Phi) is 3.79. The molecule has 1 aliphatic carbocycles. The number of carbonyl (C=O) groups is 1. The van der Waals surface area contributed by atoms with E-state index in [0.29, 0.717) is 11.7 Å². The third-order valence-corrected chi connectivity index (χ3v) is 4.04. The molecule has 86 valence electrons. The van der Waals surface area contributed by atoms with Gasteiger partial charge in [0.1, 0.15) is 5.78 Å². The molecule has 15 heavy (non-hydrogen) atoms. The minimum atomic E-state index is 0.368. The Bertz CT molecular complexity index is 219. The fourth-order valence-electron chi connectivity index (χ4n) is 2.80. The highest BCUT2D eigenvalue weighted by atomic mass is 16.1. The fourth-order valence-corrected chi connectivity index (χ4v) is 2.80. The van der Waals surface area contributed by atoms with Crippen molar-refractivity contribution in [2.24, 2.45) is 11.8 Å². The van der Waals surface area contributed by atoms with E-state index in [2.05, 4.69) is 11.8 Å². The maximum Gasteiger partial charge on any atom is 0.137 e. The van der Waals surface area contributed by atoms with Crippen LogP contribution in [0.15, 0.2) is 0 Å². The molecular weight excluding hydrogens is 186 g/mol. The molecule has 0 radical (unpaired) electrons. The van der Waals surface area contributed by atoms with Crippen molar-refractivity contribution in [1.29, 1.82) is 0 Å². The SMILES string of the molecule is CC1CCN(CC2CCCCC2=O)CC1. The number of hydrogen-bond donors (Lipinski definition) is 0. The van der Waals surface area contributed by atoms with E-state index in [9.17, 15) is 4.79 Å². The van der Waals surface area contributed by atoms with Crippen molar-refractivity contribution in [3.8, 4) is 0 Å². The Morgan fingerprint density at radius 1 is 1.20 bits per heavy atom. The van der Waals surface area contributed by atoms with Gasteiger partial charge in [-0.3, -0.25) is 4.79 Å². The quantitative estimate of drug-likeness (QED) is 0.696. The van der Waals surface area contributed by atoms with Gasteiger partial charge in [-0.1, -0.05) is 13.3 Å². The molecule has 1 saturated carbocycles. The molecule has 2 aliphatic rings. The molecule has 0 aromatic carbocycles. The maximum absolute atomic E-state index is 11.7. The van der Waals surface area contributed by atoms with Crippen LogP contribution in [-0.2, 0) is 4.79 Å². The molecule has 1 heterocycles. The summed E-state index contributed by atoms with van der Waals surface area (Å²) in [6.07, 6.45) is 7.02. The summed E-state index contributed by atoms with van der Waals surface area (Å²) in [6, 6.07) is 0. The lowest BCUT2D eigenvalue weighted by Gasteiger charge is -2.33. The Morgan fingerprint density at radius 3 is 2.60 bits per heavy atom. The van der Waals surface area contributed by atoms with Crippen molar-refractivity contribution in [3.63, 3.8) is 0 Å². The number of Topliss-reactive ketones (excluding diaryl/α,β-unsaturated/α-hetero) is 1. The molecule has 1 atom stereocenters. The summed E-state index contributed by atoms with van der Waals surface area (Å²) in [7, 11) is 0. The van der Waals surface area contributed by atoms with Crippen LogP contribution in [0, 0.1) is 11.8 Å². The second-order valence-electron chi connectivity index (χ2n) is 5.39. The van der Waals surface area contributed by atoms with Crippen molar-refractivity contribution in [3.05, 3.63) is 0 Å². The van der Waals surface area contributed by atoms with Gasteiger partial charge in [-0.25, -0.2) is 0 Å². The fraction of sp³-hybridized carbons (Fsp3) is 0.923. The van der Waals surface area contributed by atoms with Crippen molar-refractivity contribution in [2.75, 3.05) is 19.6 Å². The highest BCUT2D eigenvalue weighted by Crippen LogP contribution is 2.23. The van der Waals surface area contributed by atoms with E-state index in [0.717, 1.165) is 31.7 Å². The number of rotatable bonds is 2. The zero-order valence-electron chi connectivity index (χ0n) is 9.87. The predicted molar refractivity (Wildman–Crippen MR) is 61.8 cm³/mol. The van der Waals surface area contributed by atoms with Gasteiger partial charge >= 0.3 is 0 Å². The van der Waals surface area contributed by atoms with Crippen molar-refractivity contribution < 1.29 is 4.79 Å². The number of hydrogen-bond acceptors (Lipinski definition) is 2. The molecule has 0 aromatic rings. The second-order valence-corrected chi connectivity index (χ2v) is 5.39. The summed E-state index contributed by atoms with van der Waals surface area (Å²) >= 11 is 0. The first-order valence-corrected chi connectivity index (χ1v) is 6.51. The van der Waals surface area contributed by atoms with Crippen molar-refractivity contribution >= 4 is 5.78 Å². The maximum atomic E-state index is 11.7. The smallest absolute Gasteiger partial charge is 0.137 e. The van der Waals surface area contributed by atoms with Crippen LogP contribution in [0.5, 0.6) is 0 Å². The Labute approximate surface area is 93.0 Å². The van der Waals surface area contributed by atoms with Crippen LogP contribution in [0.3, 0.4) is 0 Å². The molecule has 0 aromatic heterocycles. The lowest BCUT2D eigenvalue weighted by Crippen LogP contribution is -2.39. The summed E-state index contributed by atoms with van der Waals surface area (Å²) in [5.74, 6) is 1.79. The first-order chi connectivity index (χ1) is 7.25. The lowest BCUT2D eigenvalue weighted by atomic mass is 9.87. The van der Waals surface area contributed by atoms with Gasteiger partial charge < -0.3 is 4.90 Å². The van der Waals surface area contributed by atoms with Crippen LogP contribution in [0.25, 0.3) is 0 Å². The molecule has 1 saturated heterocycles. The van der Waals surface area contributed by atoms with Crippen LogP contribution in [0.4, 0.5) is 0 Å². The van der Waals surface area contributed by atoms with Crippen LogP contribution in [0.1, 0.15) is 45.4 Å². The van der Waals surface area contributed by atoms with Crippen molar-refractivity contribution in [2.45, 2.75) is 45.4 Å². The summed E-state index contributed by atoms with van der Waals surface area (Å²) in [5, 5.41) is 0. The van der Waals surface area contributed by atoms with E-state index in [1.807, 2.05) is 0 Å². The van der Waals surface area contributed by atoms with E-state index in [1.54, 1.807) is 0 Å². The molecule has 2 heteroatoms. The normalized spacial score (nSPS) is 30.7. The van der Waals surface area contributed by atoms with Gasteiger partial charge in [0.25, 0.3) is 0 Å². The zero-order valence-corrected chi connectivity index (χ0v) is 9.87. The molecular formula is C13H23NO. The summed E-state index contributed by atoms with van der Waals surface area (Å²) in [4.78, 5) is 14.2. The van der Waals surface area contributed by atoms with E-state index in [-0.39, 0.29) is 0 Å². The molecule has 2 fully saturated rings. The topological polar surface area (TPSA) is 20.3 Å². The van der Waals surface area contributed by atoms with Crippen LogP contribution in [-0.4, -0.2) is 30.3 Å². The molecule has 0 amide bonds.